The molecule has 0 aliphatic heterocycles. The number of aliphatic hydroxyl groups is 1. The SMILES string of the molecule is CC(CO)NC(=O)CSc1cccc2cccc(Cl)c12. The number of hydrogen-bond acceptors (Lipinski definition) is 3. The maximum atomic E-state index is 11.7. The first kappa shape index (κ1) is 15.2. The lowest BCUT2D eigenvalue weighted by atomic mass is 10.1. The average molecular weight is 310 g/mol. The number of halogens is 1. The van der Waals surface area contributed by atoms with Gasteiger partial charge in [0.15, 0.2) is 0 Å². The fourth-order valence-corrected chi connectivity index (χ4v) is 3.14. The van der Waals surface area contributed by atoms with Crippen molar-refractivity contribution in [1.29, 1.82) is 0 Å². The van der Waals surface area contributed by atoms with Crippen LogP contribution < -0.4 is 5.32 Å². The van der Waals surface area contributed by atoms with E-state index in [0.29, 0.717) is 10.8 Å². The van der Waals surface area contributed by atoms with Gasteiger partial charge in [-0.15, -0.1) is 11.8 Å². The summed E-state index contributed by atoms with van der Waals surface area (Å²) in [6.07, 6.45) is 0. The molecule has 5 heteroatoms. The van der Waals surface area contributed by atoms with Crippen LogP contribution in [0, 0.1) is 0 Å². The van der Waals surface area contributed by atoms with Crippen molar-refractivity contribution in [2.45, 2.75) is 17.9 Å². The molecule has 0 heterocycles. The fraction of sp³-hybridized carbons (Fsp3) is 0.267. The molecule has 20 heavy (non-hydrogen) atoms. The summed E-state index contributed by atoms with van der Waals surface area (Å²) in [6.45, 7) is 1.70. The Morgan fingerprint density at radius 3 is 2.75 bits per heavy atom. The molecule has 0 bridgehead atoms. The fourth-order valence-electron chi connectivity index (χ4n) is 1.89. The normalized spacial score (nSPS) is 12.3. The zero-order valence-electron chi connectivity index (χ0n) is 11.1. The van der Waals surface area contributed by atoms with Crippen molar-refractivity contribution in [3.63, 3.8) is 0 Å². The number of benzene rings is 2. The molecule has 1 amide bonds. The predicted octanol–water partition coefficient (Wildman–Crippen LogP) is 3.08. The van der Waals surface area contributed by atoms with Gasteiger partial charge in [-0.25, -0.2) is 0 Å². The second kappa shape index (κ2) is 6.97. The summed E-state index contributed by atoms with van der Waals surface area (Å²) < 4.78 is 0. The second-order valence-corrected chi connectivity index (χ2v) is 5.96. The first-order valence-electron chi connectivity index (χ1n) is 6.32. The smallest absolute Gasteiger partial charge is 0.230 e. The van der Waals surface area contributed by atoms with E-state index in [2.05, 4.69) is 5.32 Å². The van der Waals surface area contributed by atoms with Crippen molar-refractivity contribution in [2.24, 2.45) is 0 Å². The Morgan fingerprint density at radius 2 is 2.05 bits per heavy atom. The molecular weight excluding hydrogens is 294 g/mol. The molecule has 106 valence electrons. The molecule has 1 unspecified atom stereocenters. The Labute approximate surface area is 127 Å². The standard InChI is InChI=1S/C15H16ClNO2S/c1-10(8-18)17-14(19)9-20-13-7-3-5-11-4-2-6-12(16)15(11)13/h2-7,10,18H,8-9H2,1H3,(H,17,19). The van der Waals surface area contributed by atoms with Gasteiger partial charge >= 0.3 is 0 Å². The number of carbonyl (C=O) groups excluding carboxylic acids is 1. The molecule has 2 N–H and O–H groups in total. The largest absolute Gasteiger partial charge is 0.394 e. The Balaban J connectivity index is 2.12. The predicted molar refractivity (Wildman–Crippen MR) is 84.4 cm³/mol. The van der Waals surface area contributed by atoms with Crippen molar-refractivity contribution in [3.05, 3.63) is 41.4 Å². The van der Waals surface area contributed by atoms with Gasteiger partial charge in [0.05, 0.1) is 12.4 Å². The third kappa shape index (κ3) is 3.66. The molecule has 0 aliphatic rings. The molecule has 1 atom stereocenters. The average Bonchev–Trinajstić information content (AvgIpc) is 2.45. The first-order chi connectivity index (χ1) is 9.61. The van der Waals surface area contributed by atoms with Gasteiger partial charge in [0.2, 0.25) is 5.91 Å². The highest BCUT2D eigenvalue weighted by molar-refractivity contribution is 8.00. The van der Waals surface area contributed by atoms with Crippen molar-refractivity contribution < 1.29 is 9.90 Å². The Hall–Kier alpha value is -1.23. The quantitative estimate of drug-likeness (QED) is 0.835. The number of hydrogen-bond donors (Lipinski definition) is 2. The van der Waals surface area contributed by atoms with Crippen LogP contribution in [-0.4, -0.2) is 29.4 Å². The van der Waals surface area contributed by atoms with E-state index >= 15 is 0 Å². The molecule has 0 fully saturated rings. The van der Waals surface area contributed by atoms with Crippen molar-refractivity contribution in [3.8, 4) is 0 Å². The molecule has 0 aliphatic carbocycles. The summed E-state index contributed by atoms with van der Waals surface area (Å²) in [5, 5.41) is 14.4. The molecule has 2 rings (SSSR count). The lowest BCUT2D eigenvalue weighted by Gasteiger charge is -2.11. The molecule has 2 aromatic rings. The summed E-state index contributed by atoms with van der Waals surface area (Å²) in [4.78, 5) is 12.7. The zero-order chi connectivity index (χ0) is 14.5. The van der Waals surface area contributed by atoms with Gasteiger partial charge in [-0.05, 0) is 24.4 Å². The van der Waals surface area contributed by atoms with E-state index in [-0.39, 0.29) is 18.6 Å². The maximum absolute atomic E-state index is 11.7. The number of fused-ring (bicyclic) bond motifs is 1. The molecule has 0 aromatic heterocycles. The maximum Gasteiger partial charge on any atom is 0.230 e. The third-order valence-corrected chi connectivity index (χ3v) is 4.23. The number of aliphatic hydroxyl groups excluding tert-OH is 1. The van der Waals surface area contributed by atoms with Crippen LogP contribution in [0.4, 0.5) is 0 Å². The van der Waals surface area contributed by atoms with E-state index in [0.717, 1.165) is 15.7 Å². The Kier molecular flexibility index (Phi) is 5.29. The van der Waals surface area contributed by atoms with E-state index < -0.39 is 0 Å². The van der Waals surface area contributed by atoms with Crippen LogP contribution in [0.15, 0.2) is 41.3 Å². The highest BCUT2D eigenvalue weighted by Gasteiger charge is 2.09. The van der Waals surface area contributed by atoms with Crippen LogP contribution >= 0.6 is 23.4 Å². The summed E-state index contributed by atoms with van der Waals surface area (Å²) in [5.41, 5.74) is 0. The van der Waals surface area contributed by atoms with Gasteiger partial charge in [0.25, 0.3) is 0 Å². The van der Waals surface area contributed by atoms with Gasteiger partial charge < -0.3 is 10.4 Å². The molecule has 3 nitrogen and oxygen atoms in total. The number of nitrogens with one attached hydrogen (secondary N) is 1. The Bertz CT molecular complexity index is 613. The highest BCUT2D eigenvalue weighted by atomic mass is 35.5. The van der Waals surface area contributed by atoms with Gasteiger partial charge in [0, 0.05) is 21.3 Å². The number of thioether (sulfide) groups is 1. The van der Waals surface area contributed by atoms with Gasteiger partial charge in [-0.1, -0.05) is 35.9 Å². The zero-order valence-corrected chi connectivity index (χ0v) is 12.7. The molecule has 0 spiro atoms. The second-order valence-electron chi connectivity index (χ2n) is 4.53. The number of amides is 1. The molecule has 2 aromatic carbocycles. The molecule has 0 radical (unpaired) electrons. The van der Waals surface area contributed by atoms with E-state index in [4.69, 9.17) is 16.7 Å². The molecule has 0 saturated heterocycles. The third-order valence-electron chi connectivity index (χ3n) is 2.86. The summed E-state index contributed by atoms with van der Waals surface area (Å²) in [5.74, 6) is 0.204. The summed E-state index contributed by atoms with van der Waals surface area (Å²) in [7, 11) is 0. The number of rotatable bonds is 5. The minimum Gasteiger partial charge on any atom is -0.394 e. The van der Waals surface area contributed by atoms with Crippen LogP contribution in [0.3, 0.4) is 0 Å². The van der Waals surface area contributed by atoms with Crippen molar-refractivity contribution >= 4 is 40.0 Å². The van der Waals surface area contributed by atoms with Crippen LogP contribution in [0.1, 0.15) is 6.92 Å². The van der Waals surface area contributed by atoms with Crippen LogP contribution in [0.25, 0.3) is 10.8 Å². The van der Waals surface area contributed by atoms with Gasteiger partial charge in [0.1, 0.15) is 0 Å². The van der Waals surface area contributed by atoms with E-state index in [1.165, 1.54) is 11.8 Å². The van der Waals surface area contributed by atoms with Gasteiger partial charge in [-0.2, -0.15) is 0 Å². The molecule has 0 saturated carbocycles. The minimum absolute atomic E-state index is 0.0590. The summed E-state index contributed by atoms with van der Waals surface area (Å²) >= 11 is 7.68. The van der Waals surface area contributed by atoms with Gasteiger partial charge in [-0.3, -0.25) is 4.79 Å². The molecular formula is C15H16ClNO2S. The van der Waals surface area contributed by atoms with Crippen LogP contribution in [0.2, 0.25) is 5.02 Å². The Morgan fingerprint density at radius 1 is 1.35 bits per heavy atom. The van der Waals surface area contributed by atoms with Crippen molar-refractivity contribution in [2.75, 3.05) is 12.4 Å². The number of carbonyl (C=O) groups is 1. The van der Waals surface area contributed by atoms with Crippen LogP contribution in [0.5, 0.6) is 0 Å². The first-order valence-corrected chi connectivity index (χ1v) is 7.68. The van der Waals surface area contributed by atoms with Crippen LogP contribution in [-0.2, 0) is 4.79 Å². The minimum atomic E-state index is -0.223. The monoisotopic (exact) mass is 309 g/mol. The summed E-state index contributed by atoms with van der Waals surface area (Å²) in [6, 6.07) is 11.4. The van der Waals surface area contributed by atoms with E-state index in [1.54, 1.807) is 6.92 Å². The van der Waals surface area contributed by atoms with Crippen molar-refractivity contribution in [1.82, 2.24) is 5.32 Å². The highest BCUT2D eigenvalue weighted by Crippen LogP contribution is 2.32. The van der Waals surface area contributed by atoms with E-state index in [1.807, 2.05) is 36.4 Å². The topological polar surface area (TPSA) is 49.3 Å². The lowest BCUT2D eigenvalue weighted by Crippen LogP contribution is -2.36. The lowest BCUT2D eigenvalue weighted by molar-refractivity contribution is -0.119. The van der Waals surface area contributed by atoms with E-state index in [9.17, 15) is 4.79 Å².